The van der Waals surface area contributed by atoms with Crippen LogP contribution in [0, 0.1) is 0 Å². The Morgan fingerprint density at radius 3 is 2.24 bits per heavy atom. The van der Waals surface area contributed by atoms with Crippen LogP contribution in [0.5, 0.6) is 0 Å². The zero-order valence-corrected chi connectivity index (χ0v) is 14.7. The Hall–Kier alpha value is -2.57. The van der Waals surface area contributed by atoms with Crippen LogP contribution < -0.4 is 16.2 Å². The van der Waals surface area contributed by atoms with Crippen molar-refractivity contribution in [1.29, 1.82) is 0 Å². The van der Waals surface area contributed by atoms with Crippen LogP contribution in [-0.2, 0) is 4.79 Å². The fourth-order valence-corrected chi connectivity index (χ4v) is 2.29. The average Bonchev–Trinajstić information content (AvgIpc) is 2.62. The molecule has 0 aliphatic rings. The van der Waals surface area contributed by atoms with Crippen molar-refractivity contribution < 1.29 is 14.4 Å². The third-order valence-corrected chi connectivity index (χ3v) is 4.09. The van der Waals surface area contributed by atoms with E-state index >= 15 is 0 Å². The number of carbonyl (C=O) groups is 3. The molecule has 2 aromatic carbocycles. The quantitative estimate of drug-likeness (QED) is 0.713. The molecule has 0 aliphatic heterocycles. The van der Waals surface area contributed by atoms with E-state index in [0.29, 0.717) is 5.56 Å². The maximum Gasteiger partial charge on any atom is 0.269 e. The number of benzene rings is 2. The highest BCUT2D eigenvalue weighted by atomic mass is 35.5. The van der Waals surface area contributed by atoms with Crippen molar-refractivity contribution in [2.45, 2.75) is 13.0 Å². The molecule has 0 fully saturated rings. The first-order chi connectivity index (χ1) is 11.9. The van der Waals surface area contributed by atoms with Gasteiger partial charge in [-0.05, 0) is 31.2 Å². The molecule has 25 heavy (non-hydrogen) atoms. The summed E-state index contributed by atoms with van der Waals surface area (Å²) >= 11 is 11.8. The average molecular weight is 380 g/mol. The summed E-state index contributed by atoms with van der Waals surface area (Å²) in [5, 5.41) is 2.82. The van der Waals surface area contributed by atoms with Gasteiger partial charge in [-0.15, -0.1) is 0 Å². The van der Waals surface area contributed by atoms with E-state index in [0.717, 1.165) is 0 Å². The lowest BCUT2D eigenvalue weighted by molar-refractivity contribution is -0.123. The zero-order valence-electron chi connectivity index (χ0n) is 13.2. The normalized spacial score (nSPS) is 11.3. The van der Waals surface area contributed by atoms with E-state index in [1.165, 1.54) is 13.0 Å². The van der Waals surface area contributed by atoms with Gasteiger partial charge in [0.25, 0.3) is 17.7 Å². The van der Waals surface area contributed by atoms with Gasteiger partial charge in [-0.3, -0.25) is 25.2 Å². The molecule has 0 spiro atoms. The molecule has 0 saturated carbocycles. The van der Waals surface area contributed by atoms with E-state index in [4.69, 9.17) is 23.2 Å². The third kappa shape index (κ3) is 4.95. The molecule has 2 aromatic rings. The molecule has 1 atom stereocenters. The Labute approximate surface area is 154 Å². The Morgan fingerprint density at radius 2 is 1.56 bits per heavy atom. The lowest BCUT2D eigenvalue weighted by Gasteiger charge is -2.15. The van der Waals surface area contributed by atoms with E-state index in [-0.39, 0.29) is 15.6 Å². The van der Waals surface area contributed by atoms with E-state index in [2.05, 4.69) is 16.2 Å². The van der Waals surface area contributed by atoms with E-state index in [9.17, 15) is 14.4 Å². The molecule has 0 saturated heterocycles. The van der Waals surface area contributed by atoms with Gasteiger partial charge in [-0.2, -0.15) is 0 Å². The van der Waals surface area contributed by atoms with Gasteiger partial charge in [0.2, 0.25) is 0 Å². The molecule has 0 radical (unpaired) electrons. The summed E-state index contributed by atoms with van der Waals surface area (Å²) in [5.41, 5.74) is 5.08. The highest BCUT2D eigenvalue weighted by Gasteiger charge is 2.19. The van der Waals surface area contributed by atoms with Gasteiger partial charge < -0.3 is 5.32 Å². The van der Waals surface area contributed by atoms with Gasteiger partial charge in [0.1, 0.15) is 6.04 Å². The number of nitrogens with one attached hydrogen (secondary N) is 3. The first-order valence-electron chi connectivity index (χ1n) is 7.30. The molecule has 0 heterocycles. The summed E-state index contributed by atoms with van der Waals surface area (Å²) in [6, 6.07) is 12.1. The second kappa shape index (κ2) is 8.50. The van der Waals surface area contributed by atoms with Crippen LogP contribution in [0.1, 0.15) is 27.6 Å². The molecule has 0 aromatic heterocycles. The largest absolute Gasteiger partial charge is 0.340 e. The maximum atomic E-state index is 12.2. The highest BCUT2D eigenvalue weighted by Crippen LogP contribution is 2.25. The van der Waals surface area contributed by atoms with Gasteiger partial charge in [0.05, 0.1) is 15.6 Å². The fourth-order valence-electron chi connectivity index (χ4n) is 1.91. The third-order valence-electron chi connectivity index (χ3n) is 3.27. The number of rotatable bonds is 4. The van der Waals surface area contributed by atoms with Crippen LogP contribution in [-0.4, -0.2) is 23.8 Å². The van der Waals surface area contributed by atoms with Gasteiger partial charge in [0.15, 0.2) is 0 Å². The number of hydrogen-bond donors (Lipinski definition) is 3. The number of hydrazine groups is 1. The minimum Gasteiger partial charge on any atom is -0.340 e. The van der Waals surface area contributed by atoms with Crippen molar-refractivity contribution in [3.63, 3.8) is 0 Å². The number of hydrogen-bond acceptors (Lipinski definition) is 3. The smallest absolute Gasteiger partial charge is 0.269 e. The Morgan fingerprint density at radius 1 is 0.880 bits per heavy atom. The molecular weight excluding hydrogens is 365 g/mol. The summed E-state index contributed by atoms with van der Waals surface area (Å²) in [5.74, 6) is -1.61. The summed E-state index contributed by atoms with van der Waals surface area (Å²) in [6.07, 6.45) is 0. The molecule has 1 unspecified atom stereocenters. The predicted octanol–water partition coefficient (Wildman–Crippen LogP) is 2.57. The van der Waals surface area contributed by atoms with Crippen LogP contribution >= 0.6 is 23.2 Å². The molecule has 0 bridgehead atoms. The first-order valence-corrected chi connectivity index (χ1v) is 8.06. The number of halogens is 2. The maximum absolute atomic E-state index is 12.2. The highest BCUT2D eigenvalue weighted by molar-refractivity contribution is 6.43. The topological polar surface area (TPSA) is 87.3 Å². The Kier molecular flexibility index (Phi) is 6.38. The summed E-state index contributed by atoms with van der Waals surface area (Å²) in [4.78, 5) is 36.0. The minimum absolute atomic E-state index is 0.103. The van der Waals surface area contributed by atoms with Crippen molar-refractivity contribution in [2.24, 2.45) is 0 Å². The molecule has 3 N–H and O–H groups in total. The SMILES string of the molecule is CC(NC(=O)c1cccc(Cl)c1Cl)C(=O)NNC(=O)c1ccccc1. The van der Waals surface area contributed by atoms with Crippen LogP contribution in [0.2, 0.25) is 10.0 Å². The van der Waals surface area contributed by atoms with Crippen molar-refractivity contribution in [3.8, 4) is 0 Å². The Balaban J connectivity index is 1.91. The van der Waals surface area contributed by atoms with E-state index in [1.54, 1.807) is 42.5 Å². The van der Waals surface area contributed by atoms with Crippen LogP contribution in [0.15, 0.2) is 48.5 Å². The van der Waals surface area contributed by atoms with Gasteiger partial charge in [-0.25, -0.2) is 0 Å². The van der Waals surface area contributed by atoms with Crippen molar-refractivity contribution >= 4 is 40.9 Å². The monoisotopic (exact) mass is 379 g/mol. The number of carbonyl (C=O) groups excluding carboxylic acids is 3. The first kappa shape index (κ1) is 18.8. The molecule has 3 amide bonds. The van der Waals surface area contributed by atoms with Crippen molar-refractivity contribution in [1.82, 2.24) is 16.2 Å². The molecular formula is C17H15Cl2N3O3. The molecule has 6 nitrogen and oxygen atoms in total. The fraction of sp³-hybridized carbons (Fsp3) is 0.118. The Bertz CT molecular complexity index is 797. The van der Waals surface area contributed by atoms with Gasteiger partial charge >= 0.3 is 0 Å². The van der Waals surface area contributed by atoms with Crippen molar-refractivity contribution in [2.75, 3.05) is 0 Å². The molecule has 0 aliphatic carbocycles. The molecule has 8 heteroatoms. The lowest BCUT2D eigenvalue weighted by atomic mass is 10.2. The van der Waals surface area contributed by atoms with Crippen LogP contribution in [0.3, 0.4) is 0 Å². The van der Waals surface area contributed by atoms with Crippen molar-refractivity contribution in [3.05, 3.63) is 69.7 Å². The van der Waals surface area contributed by atoms with Crippen LogP contribution in [0.25, 0.3) is 0 Å². The van der Waals surface area contributed by atoms with E-state index < -0.39 is 23.8 Å². The van der Waals surface area contributed by atoms with Crippen LogP contribution in [0.4, 0.5) is 0 Å². The zero-order chi connectivity index (χ0) is 18.4. The lowest BCUT2D eigenvalue weighted by Crippen LogP contribution is -2.51. The minimum atomic E-state index is -0.904. The second-order valence-electron chi connectivity index (χ2n) is 5.11. The van der Waals surface area contributed by atoms with Gasteiger partial charge in [-0.1, -0.05) is 47.5 Å². The second-order valence-corrected chi connectivity index (χ2v) is 5.89. The molecule has 130 valence electrons. The molecule has 2 rings (SSSR count). The number of amides is 3. The van der Waals surface area contributed by atoms with Gasteiger partial charge in [0, 0.05) is 5.56 Å². The standard InChI is InChI=1S/C17H15Cl2N3O3/c1-10(20-17(25)12-8-5-9-13(18)14(12)19)15(23)21-22-16(24)11-6-3-2-4-7-11/h2-10H,1H3,(H,20,25)(H,21,23)(H,22,24). The summed E-state index contributed by atoms with van der Waals surface area (Å²) in [6.45, 7) is 1.47. The summed E-state index contributed by atoms with van der Waals surface area (Å²) in [7, 11) is 0. The summed E-state index contributed by atoms with van der Waals surface area (Å²) < 4.78 is 0. The van der Waals surface area contributed by atoms with E-state index in [1.807, 2.05) is 0 Å². The predicted molar refractivity (Wildman–Crippen MR) is 95.4 cm³/mol.